The first-order valence-electron chi connectivity index (χ1n) is 5.91. The number of fused-ring (bicyclic) bond motifs is 1. The Hall–Kier alpha value is -1.79. The van der Waals surface area contributed by atoms with Crippen LogP contribution in [-0.4, -0.2) is 43.7 Å². The summed E-state index contributed by atoms with van der Waals surface area (Å²) in [6, 6.07) is 4.95. The molecule has 19 heavy (non-hydrogen) atoms. The van der Waals surface area contributed by atoms with Crippen LogP contribution in [0.15, 0.2) is 18.2 Å². The molecule has 6 heteroatoms. The maximum absolute atomic E-state index is 11.9. The first-order chi connectivity index (χ1) is 9.02. The number of rotatable bonds is 5. The normalized spacial score (nSPS) is 15.9. The molecule has 6 nitrogen and oxygen atoms in total. The topological polar surface area (TPSA) is 77.0 Å². The zero-order valence-electron chi connectivity index (χ0n) is 10.9. The minimum absolute atomic E-state index is 0.105. The summed E-state index contributed by atoms with van der Waals surface area (Å²) in [6.45, 7) is 2.02. The zero-order valence-corrected chi connectivity index (χ0v) is 10.9. The van der Waals surface area contributed by atoms with Crippen molar-refractivity contribution in [3.05, 3.63) is 23.8 Å². The molecule has 2 N–H and O–H groups in total. The van der Waals surface area contributed by atoms with Crippen LogP contribution in [0.1, 0.15) is 17.3 Å². The number of nitrogens with one attached hydrogen (secondary N) is 1. The minimum Gasteiger partial charge on any atom is -0.454 e. The summed E-state index contributed by atoms with van der Waals surface area (Å²) >= 11 is 0. The second-order valence-corrected chi connectivity index (χ2v) is 4.68. The number of benzene rings is 1. The van der Waals surface area contributed by atoms with Gasteiger partial charge in [0.05, 0.1) is 6.61 Å². The lowest BCUT2D eigenvalue weighted by atomic mass is 10.1. The molecule has 1 aliphatic heterocycles. The van der Waals surface area contributed by atoms with Gasteiger partial charge < -0.3 is 24.6 Å². The van der Waals surface area contributed by atoms with E-state index in [2.05, 4.69) is 5.32 Å². The van der Waals surface area contributed by atoms with Crippen molar-refractivity contribution in [3.8, 4) is 11.5 Å². The molecule has 104 valence electrons. The maximum Gasteiger partial charge on any atom is 0.251 e. The fraction of sp³-hybridized carbons (Fsp3) is 0.462. The summed E-state index contributed by atoms with van der Waals surface area (Å²) in [6.07, 6.45) is 0. The Morgan fingerprint density at radius 2 is 2.21 bits per heavy atom. The van der Waals surface area contributed by atoms with Gasteiger partial charge in [0.15, 0.2) is 11.5 Å². The standard InChI is InChI=1S/C13H17NO5/c1-13(16,7-17-2)6-14-12(15)9-3-4-10-11(5-9)19-8-18-10/h3-5,16H,6-8H2,1-2H3,(H,14,15)/t13-/m0/s1. The SMILES string of the molecule is COC[C@@](C)(O)CNC(=O)c1ccc2c(c1)OCO2. The van der Waals surface area contributed by atoms with E-state index < -0.39 is 5.60 Å². The summed E-state index contributed by atoms with van der Waals surface area (Å²) in [4.78, 5) is 11.9. The molecule has 1 aromatic rings. The lowest BCUT2D eigenvalue weighted by Crippen LogP contribution is -2.43. The van der Waals surface area contributed by atoms with E-state index in [-0.39, 0.29) is 25.9 Å². The lowest BCUT2D eigenvalue weighted by Gasteiger charge is -2.22. The molecule has 1 heterocycles. The van der Waals surface area contributed by atoms with Crippen molar-refractivity contribution in [2.24, 2.45) is 0 Å². The van der Waals surface area contributed by atoms with E-state index in [0.717, 1.165) is 0 Å². The number of amides is 1. The fourth-order valence-corrected chi connectivity index (χ4v) is 1.77. The van der Waals surface area contributed by atoms with Crippen molar-refractivity contribution >= 4 is 5.91 Å². The summed E-state index contributed by atoms with van der Waals surface area (Å²) in [7, 11) is 1.49. The Labute approximate surface area is 111 Å². The average molecular weight is 267 g/mol. The van der Waals surface area contributed by atoms with E-state index in [9.17, 15) is 9.90 Å². The number of carbonyl (C=O) groups is 1. The molecule has 1 aromatic carbocycles. The number of hydrogen-bond donors (Lipinski definition) is 2. The van der Waals surface area contributed by atoms with E-state index in [1.165, 1.54) is 7.11 Å². The lowest BCUT2D eigenvalue weighted by molar-refractivity contribution is -0.0147. The summed E-state index contributed by atoms with van der Waals surface area (Å²) in [5, 5.41) is 12.5. The molecule has 0 radical (unpaired) electrons. The van der Waals surface area contributed by atoms with Crippen LogP contribution in [0.4, 0.5) is 0 Å². The van der Waals surface area contributed by atoms with Gasteiger partial charge in [-0.3, -0.25) is 4.79 Å². The molecule has 0 aliphatic carbocycles. The molecule has 2 rings (SSSR count). The van der Waals surface area contributed by atoms with Crippen molar-refractivity contribution in [2.45, 2.75) is 12.5 Å². The largest absolute Gasteiger partial charge is 0.454 e. The molecule has 0 unspecified atom stereocenters. The van der Waals surface area contributed by atoms with E-state index in [1.807, 2.05) is 0 Å². The highest BCUT2D eigenvalue weighted by Gasteiger charge is 2.22. The molecule has 0 saturated heterocycles. The van der Waals surface area contributed by atoms with Gasteiger partial charge in [0.2, 0.25) is 6.79 Å². The van der Waals surface area contributed by atoms with Crippen LogP contribution in [0.25, 0.3) is 0 Å². The second kappa shape index (κ2) is 5.46. The average Bonchev–Trinajstić information content (AvgIpc) is 2.83. The summed E-state index contributed by atoms with van der Waals surface area (Å²) in [5.74, 6) is 0.897. The van der Waals surface area contributed by atoms with Crippen molar-refractivity contribution in [3.63, 3.8) is 0 Å². The molecule has 0 spiro atoms. The molecule has 0 fully saturated rings. The smallest absolute Gasteiger partial charge is 0.251 e. The Bertz CT molecular complexity index is 472. The maximum atomic E-state index is 11.9. The Kier molecular flexibility index (Phi) is 3.92. The van der Waals surface area contributed by atoms with E-state index in [1.54, 1.807) is 25.1 Å². The van der Waals surface area contributed by atoms with Crippen molar-refractivity contribution < 1.29 is 24.1 Å². The van der Waals surface area contributed by atoms with Crippen LogP contribution in [0.3, 0.4) is 0 Å². The van der Waals surface area contributed by atoms with Crippen LogP contribution in [0.2, 0.25) is 0 Å². The van der Waals surface area contributed by atoms with E-state index in [0.29, 0.717) is 17.1 Å². The molecule has 0 saturated carbocycles. The van der Waals surface area contributed by atoms with Gasteiger partial charge in [-0.1, -0.05) is 0 Å². The van der Waals surface area contributed by atoms with Gasteiger partial charge >= 0.3 is 0 Å². The van der Waals surface area contributed by atoms with Gasteiger partial charge in [-0.05, 0) is 25.1 Å². The van der Waals surface area contributed by atoms with Gasteiger partial charge in [-0.25, -0.2) is 0 Å². The predicted molar refractivity (Wildman–Crippen MR) is 67.4 cm³/mol. The summed E-state index contributed by atoms with van der Waals surface area (Å²) < 4.78 is 15.2. The van der Waals surface area contributed by atoms with Crippen molar-refractivity contribution in [1.29, 1.82) is 0 Å². The fourth-order valence-electron chi connectivity index (χ4n) is 1.77. The highest BCUT2D eigenvalue weighted by molar-refractivity contribution is 5.94. The van der Waals surface area contributed by atoms with E-state index in [4.69, 9.17) is 14.2 Å². The number of ether oxygens (including phenoxy) is 3. The predicted octanol–water partition coefficient (Wildman–Crippen LogP) is 0.542. The number of carbonyl (C=O) groups excluding carboxylic acids is 1. The van der Waals surface area contributed by atoms with Crippen LogP contribution >= 0.6 is 0 Å². The Morgan fingerprint density at radius 1 is 1.47 bits per heavy atom. The van der Waals surface area contributed by atoms with E-state index >= 15 is 0 Å². The minimum atomic E-state index is -1.10. The van der Waals surface area contributed by atoms with Crippen molar-refractivity contribution in [2.75, 3.05) is 27.1 Å². The third-order valence-corrected chi connectivity index (χ3v) is 2.72. The number of methoxy groups -OCH3 is 1. The van der Waals surface area contributed by atoms with Crippen molar-refractivity contribution in [1.82, 2.24) is 5.32 Å². The Morgan fingerprint density at radius 3 is 2.95 bits per heavy atom. The first kappa shape index (κ1) is 13.6. The third kappa shape index (κ3) is 3.36. The zero-order chi connectivity index (χ0) is 13.9. The third-order valence-electron chi connectivity index (χ3n) is 2.72. The molecule has 1 aliphatic rings. The monoisotopic (exact) mass is 267 g/mol. The molecule has 1 amide bonds. The van der Waals surface area contributed by atoms with Gasteiger partial charge in [0.25, 0.3) is 5.91 Å². The number of aliphatic hydroxyl groups is 1. The van der Waals surface area contributed by atoms with Gasteiger partial charge in [0, 0.05) is 19.2 Å². The van der Waals surface area contributed by atoms with Crippen LogP contribution in [0.5, 0.6) is 11.5 Å². The van der Waals surface area contributed by atoms with Crippen LogP contribution < -0.4 is 14.8 Å². The highest BCUT2D eigenvalue weighted by Crippen LogP contribution is 2.32. The summed E-state index contributed by atoms with van der Waals surface area (Å²) in [5.41, 5.74) is -0.640. The quantitative estimate of drug-likeness (QED) is 0.814. The molecule has 0 bridgehead atoms. The van der Waals surface area contributed by atoms with Gasteiger partial charge in [-0.15, -0.1) is 0 Å². The van der Waals surface area contributed by atoms with Gasteiger partial charge in [0.1, 0.15) is 5.60 Å². The van der Waals surface area contributed by atoms with Crippen LogP contribution in [-0.2, 0) is 4.74 Å². The Balaban J connectivity index is 1.97. The molecular weight excluding hydrogens is 250 g/mol. The van der Waals surface area contributed by atoms with Crippen LogP contribution in [0, 0.1) is 0 Å². The molecular formula is C13H17NO5. The highest BCUT2D eigenvalue weighted by atomic mass is 16.7. The first-order valence-corrected chi connectivity index (χ1v) is 5.91. The molecule has 0 aromatic heterocycles. The molecule has 1 atom stereocenters. The second-order valence-electron chi connectivity index (χ2n) is 4.68. The van der Waals surface area contributed by atoms with Gasteiger partial charge in [-0.2, -0.15) is 0 Å². The number of hydrogen-bond acceptors (Lipinski definition) is 5.